The first-order valence-corrected chi connectivity index (χ1v) is 14.4. The van der Waals surface area contributed by atoms with Crippen molar-refractivity contribution in [2.45, 2.75) is 71.0 Å². The number of carboxylic acids is 1. The van der Waals surface area contributed by atoms with Crippen LogP contribution in [0.1, 0.15) is 70.3 Å². The van der Waals surface area contributed by atoms with Crippen molar-refractivity contribution in [3.05, 3.63) is 55.7 Å². The second kappa shape index (κ2) is 13.3. The summed E-state index contributed by atoms with van der Waals surface area (Å²) in [6, 6.07) is 7.37. The molecule has 11 heteroatoms. The molecule has 6 nitrogen and oxygen atoms in total. The van der Waals surface area contributed by atoms with E-state index in [2.05, 4.69) is 6.92 Å². The summed E-state index contributed by atoms with van der Waals surface area (Å²) in [4.78, 5) is 36.2. The molecule has 1 aromatic carbocycles. The standard InChI is InChI=1S/C26H33ClN2O2S.C2HF3O2/c1-2-29(16-19-6-4-3-5-7-19)13-12-22-24(17-29)32-23(25(22)26(28)31)15-21(30)14-18-8-10-20(27)11-9-18;3-2(4,5)1(6)7/h8-11,19H,2-7,12-17H2,1H3,(H-,28,31);(H,6,7)/p+1. The van der Waals surface area contributed by atoms with Crippen molar-refractivity contribution in [3.8, 4) is 0 Å². The smallest absolute Gasteiger partial charge is 0.475 e. The quantitative estimate of drug-likeness (QED) is 0.372. The van der Waals surface area contributed by atoms with Crippen molar-refractivity contribution in [2.75, 3.05) is 19.6 Å². The molecule has 214 valence electrons. The molecule has 2 heterocycles. The molecule has 4 rings (SSSR count). The minimum atomic E-state index is -5.08. The Morgan fingerprint density at radius 1 is 1.10 bits per heavy atom. The van der Waals surface area contributed by atoms with Gasteiger partial charge < -0.3 is 15.3 Å². The number of quaternary nitrogens is 1. The normalized spacial score (nSPS) is 19.5. The number of halogens is 4. The second-order valence-corrected chi connectivity index (χ2v) is 12.1. The third-order valence-corrected chi connectivity index (χ3v) is 9.15. The molecule has 2 aliphatic rings. The van der Waals surface area contributed by atoms with Gasteiger partial charge in [-0.1, -0.05) is 43.0 Å². The number of likely N-dealkylation sites (N-methyl/N-ethyl adjacent to an activating group) is 1. The number of alkyl halides is 3. The zero-order valence-corrected chi connectivity index (χ0v) is 23.6. The first-order chi connectivity index (χ1) is 18.3. The summed E-state index contributed by atoms with van der Waals surface area (Å²) in [5, 5.41) is 7.79. The van der Waals surface area contributed by atoms with Crippen LogP contribution in [0, 0.1) is 5.92 Å². The van der Waals surface area contributed by atoms with E-state index in [9.17, 15) is 22.8 Å². The van der Waals surface area contributed by atoms with Crippen molar-refractivity contribution >= 4 is 40.6 Å². The molecule has 1 unspecified atom stereocenters. The number of carbonyl (C=O) groups is 3. The number of benzene rings is 1. The van der Waals surface area contributed by atoms with Crippen LogP contribution in [0.4, 0.5) is 13.2 Å². The summed E-state index contributed by atoms with van der Waals surface area (Å²) in [5.74, 6) is -2.22. The lowest BCUT2D eigenvalue weighted by Crippen LogP contribution is -2.53. The van der Waals surface area contributed by atoms with Crippen LogP contribution in [0.25, 0.3) is 0 Å². The van der Waals surface area contributed by atoms with Gasteiger partial charge in [0.25, 0.3) is 0 Å². The number of amides is 1. The predicted octanol–water partition coefficient (Wildman–Crippen LogP) is 5.96. The number of thiophene rings is 1. The highest BCUT2D eigenvalue weighted by atomic mass is 35.5. The Morgan fingerprint density at radius 2 is 1.72 bits per heavy atom. The van der Waals surface area contributed by atoms with Gasteiger partial charge in [0, 0.05) is 35.1 Å². The Kier molecular flexibility index (Phi) is 10.6. The molecular weight excluding hydrogens is 553 g/mol. The van der Waals surface area contributed by atoms with E-state index >= 15 is 0 Å². The molecule has 0 saturated heterocycles. The fraction of sp³-hybridized carbons (Fsp3) is 0.536. The Bertz CT molecular complexity index is 1180. The number of primary amides is 1. The zero-order chi connectivity index (χ0) is 28.8. The monoisotopic (exact) mass is 587 g/mol. The van der Waals surface area contributed by atoms with Crippen LogP contribution < -0.4 is 5.73 Å². The number of nitrogens with two attached hydrogens (primary N) is 1. The molecule has 0 bridgehead atoms. The van der Waals surface area contributed by atoms with E-state index in [0.717, 1.165) is 52.5 Å². The number of hydrogen-bond donors (Lipinski definition) is 2. The van der Waals surface area contributed by atoms with Gasteiger partial charge in [-0.15, -0.1) is 11.3 Å². The summed E-state index contributed by atoms with van der Waals surface area (Å²) in [7, 11) is 0. The predicted molar refractivity (Wildman–Crippen MR) is 145 cm³/mol. The molecule has 3 N–H and O–H groups in total. The SMILES string of the molecule is CC[N+]1(CC2CCCCC2)CCc2c(sc(CC(=O)Cc3ccc(Cl)cc3)c2C(N)=O)C1.O=C(O)C(F)(F)F. The van der Waals surface area contributed by atoms with Crippen molar-refractivity contribution < 1.29 is 37.1 Å². The van der Waals surface area contributed by atoms with Crippen molar-refractivity contribution in [3.63, 3.8) is 0 Å². The highest BCUT2D eigenvalue weighted by molar-refractivity contribution is 7.12. The number of hydrogen-bond acceptors (Lipinski definition) is 4. The minimum absolute atomic E-state index is 0.104. The number of Topliss-reactive ketones (excluding diaryl/α,β-unsaturated/α-hetero) is 1. The fourth-order valence-electron chi connectivity index (χ4n) is 5.65. The molecule has 1 atom stereocenters. The minimum Gasteiger partial charge on any atom is -0.475 e. The van der Waals surface area contributed by atoms with Crippen molar-refractivity contribution in [1.82, 2.24) is 0 Å². The molecule has 2 aromatic rings. The Hall–Kier alpha value is -2.43. The van der Waals surface area contributed by atoms with Crippen LogP contribution in [0.5, 0.6) is 0 Å². The topological polar surface area (TPSA) is 97.5 Å². The summed E-state index contributed by atoms with van der Waals surface area (Å²) in [5.41, 5.74) is 8.49. The van der Waals surface area contributed by atoms with Gasteiger partial charge in [0.2, 0.25) is 5.91 Å². The van der Waals surface area contributed by atoms with Crippen LogP contribution in [-0.4, -0.2) is 53.1 Å². The van der Waals surface area contributed by atoms with Gasteiger partial charge in [0.15, 0.2) is 0 Å². The average molecular weight is 588 g/mol. The summed E-state index contributed by atoms with van der Waals surface area (Å²) in [6.07, 6.45) is 3.24. The van der Waals surface area contributed by atoms with E-state index in [1.807, 2.05) is 12.1 Å². The number of carbonyl (C=O) groups excluding carboxylic acids is 2. The third-order valence-electron chi connectivity index (χ3n) is 7.68. The van der Waals surface area contributed by atoms with Gasteiger partial charge in [-0.25, -0.2) is 4.79 Å². The third kappa shape index (κ3) is 8.53. The summed E-state index contributed by atoms with van der Waals surface area (Å²) < 4.78 is 32.8. The molecule has 1 saturated carbocycles. The van der Waals surface area contributed by atoms with Crippen LogP contribution in [0.3, 0.4) is 0 Å². The van der Waals surface area contributed by atoms with Crippen LogP contribution in [-0.2, 0) is 35.4 Å². The maximum Gasteiger partial charge on any atom is 0.490 e. The number of ketones is 1. The Balaban J connectivity index is 0.000000532. The first kappa shape index (κ1) is 31.1. The number of rotatable bonds is 8. The van der Waals surface area contributed by atoms with Gasteiger partial charge in [-0.05, 0) is 43.0 Å². The van der Waals surface area contributed by atoms with Gasteiger partial charge >= 0.3 is 12.1 Å². The van der Waals surface area contributed by atoms with Gasteiger partial charge in [-0.3, -0.25) is 9.59 Å². The van der Waals surface area contributed by atoms with E-state index < -0.39 is 12.1 Å². The molecule has 1 amide bonds. The zero-order valence-electron chi connectivity index (χ0n) is 22.0. The van der Waals surface area contributed by atoms with E-state index in [-0.39, 0.29) is 18.1 Å². The van der Waals surface area contributed by atoms with Crippen molar-refractivity contribution in [1.29, 1.82) is 0 Å². The first-order valence-electron chi connectivity index (χ1n) is 13.2. The maximum atomic E-state index is 12.8. The maximum absolute atomic E-state index is 12.8. The summed E-state index contributed by atoms with van der Waals surface area (Å²) in [6.45, 7) is 6.69. The van der Waals surface area contributed by atoms with Gasteiger partial charge in [0.05, 0.1) is 30.1 Å². The molecule has 1 aliphatic carbocycles. The Labute approximate surface area is 235 Å². The molecule has 1 aliphatic heterocycles. The largest absolute Gasteiger partial charge is 0.490 e. The van der Waals surface area contributed by atoms with E-state index in [1.54, 1.807) is 23.5 Å². The summed E-state index contributed by atoms with van der Waals surface area (Å²) >= 11 is 7.60. The molecule has 39 heavy (non-hydrogen) atoms. The number of aliphatic carboxylic acids is 1. The van der Waals surface area contributed by atoms with Crippen LogP contribution in [0.2, 0.25) is 5.02 Å². The van der Waals surface area contributed by atoms with Crippen LogP contribution in [0.15, 0.2) is 24.3 Å². The average Bonchev–Trinajstić information content (AvgIpc) is 3.22. The fourth-order valence-corrected chi connectivity index (χ4v) is 7.30. The van der Waals surface area contributed by atoms with Crippen LogP contribution >= 0.6 is 22.9 Å². The molecule has 1 fully saturated rings. The molecule has 1 aromatic heterocycles. The van der Waals surface area contributed by atoms with E-state index in [1.165, 1.54) is 43.5 Å². The lowest BCUT2D eigenvalue weighted by Gasteiger charge is -2.43. The van der Waals surface area contributed by atoms with Gasteiger partial charge in [0.1, 0.15) is 12.3 Å². The van der Waals surface area contributed by atoms with Crippen molar-refractivity contribution in [2.24, 2.45) is 11.7 Å². The molecule has 0 radical (unpaired) electrons. The second-order valence-electron chi connectivity index (χ2n) is 10.5. The van der Waals surface area contributed by atoms with Gasteiger partial charge in [-0.2, -0.15) is 13.2 Å². The van der Waals surface area contributed by atoms with E-state index in [4.69, 9.17) is 27.2 Å². The lowest BCUT2D eigenvalue weighted by atomic mass is 9.87. The Morgan fingerprint density at radius 3 is 2.26 bits per heavy atom. The molecular formula is C28H35ClF3N2O4S+. The number of nitrogens with zero attached hydrogens (tertiary/aromatic N) is 1. The number of carboxylic acid groups (broad SMARTS) is 1. The number of fused-ring (bicyclic) bond motifs is 1. The highest BCUT2D eigenvalue weighted by Gasteiger charge is 2.39. The van der Waals surface area contributed by atoms with E-state index in [0.29, 0.717) is 17.0 Å². The lowest BCUT2D eigenvalue weighted by molar-refractivity contribution is -0.944. The molecule has 0 spiro atoms. The highest BCUT2D eigenvalue weighted by Crippen LogP contribution is 2.38.